The van der Waals surface area contributed by atoms with Crippen molar-refractivity contribution >= 4 is 15.9 Å². The molecule has 0 bridgehead atoms. The van der Waals surface area contributed by atoms with Gasteiger partial charge in [0.15, 0.2) is 0 Å². The van der Waals surface area contributed by atoms with E-state index in [1.807, 2.05) is 6.08 Å². The van der Waals surface area contributed by atoms with Crippen LogP contribution >= 0.6 is 0 Å². The Morgan fingerprint density at radius 2 is 1.87 bits per heavy atom. The molecule has 1 N–H and O–H groups in total. The first kappa shape index (κ1) is 25.8. The van der Waals surface area contributed by atoms with Gasteiger partial charge in [0.2, 0.25) is 0 Å². The molecule has 0 amide bonds. The molecule has 1 aliphatic rings. The van der Waals surface area contributed by atoms with Gasteiger partial charge in [-0.05, 0) is 70.3 Å². The maximum Gasteiger partial charge on any atom is 0.301 e. The van der Waals surface area contributed by atoms with Crippen LogP contribution in [0.4, 0.5) is 10.1 Å². The zero-order chi connectivity index (χ0) is 22.7. The third-order valence-electron chi connectivity index (χ3n) is 5.84. The van der Waals surface area contributed by atoms with E-state index in [1.165, 1.54) is 41.8 Å². The van der Waals surface area contributed by atoms with Crippen LogP contribution in [0.15, 0.2) is 36.9 Å². The molecule has 1 fully saturated rings. The molecule has 1 aromatic carbocycles. The largest absolute Gasteiger partial charge is 0.378 e. The van der Waals surface area contributed by atoms with E-state index < -0.39 is 16.0 Å². The van der Waals surface area contributed by atoms with Gasteiger partial charge in [-0.1, -0.05) is 25.0 Å². The fourth-order valence-corrected chi connectivity index (χ4v) is 5.12. The van der Waals surface area contributed by atoms with Gasteiger partial charge in [-0.25, -0.2) is 4.39 Å². The Morgan fingerprint density at radius 3 is 2.55 bits per heavy atom. The summed E-state index contributed by atoms with van der Waals surface area (Å²) in [5.74, 6) is -0.472. The minimum Gasteiger partial charge on any atom is -0.378 e. The number of ether oxygens (including phenoxy) is 1. The highest BCUT2D eigenvalue weighted by molar-refractivity contribution is 7.90. The lowest BCUT2D eigenvalue weighted by molar-refractivity contribution is 0.0157. The van der Waals surface area contributed by atoms with Gasteiger partial charge in [0.1, 0.15) is 5.82 Å². The van der Waals surface area contributed by atoms with E-state index in [-0.39, 0.29) is 17.8 Å². The van der Waals surface area contributed by atoms with Crippen LogP contribution in [0, 0.1) is 5.82 Å². The highest BCUT2D eigenvalue weighted by Crippen LogP contribution is 2.27. The predicted octanol–water partition coefficient (Wildman–Crippen LogP) is 4.42. The van der Waals surface area contributed by atoms with Crippen molar-refractivity contribution in [3.63, 3.8) is 0 Å². The number of nitrogens with zero attached hydrogens (tertiary/aromatic N) is 2. The molecular weight excluding hydrogens is 417 g/mol. The second-order valence-corrected chi connectivity index (χ2v) is 10.1. The molecule has 6 nitrogen and oxygen atoms in total. The molecule has 0 aliphatic heterocycles. The smallest absolute Gasteiger partial charge is 0.301 e. The lowest BCUT2D eigenvalue weighted by atomic mass is 9.93. The Kier molecular flexibility index (Phi) is 10.9. The molecule has 1 aromatic rings. The number of anilines is 1. The van der Waals surface area contributed by atoms with Crippen molar-refractivity contribution in [3.8, 4) is 0 Å². The second-order valence-electron chi connectivity index (χ2n) is 8.40. The van der Waals surface area contributed by atoms with Crippen molar-refractivity contribution in [1.82, 2.24) is 9.21 Å². The molecule has 31 heavy (non-hydrogen) atoms. The first-order valence-electron chi connectivity index (χ1n) is 11.2. The number of likely N-dealkylation sites (N-methyl/N-ethyl adjacent to an activating group) is 1. The molecule has 1 saturated carbocycles. The quantitative estimate of drug-likeness (QED) is 0.333. The molecule has 0 unspecified atom stereocenters. The lowest BCUT2D eigenvalue weighted by Gasteiger charge is -2.34. The van der Waals surface area contributed by atoms with E-state index in [0.717, 1.165) is 51.8 Å². The van der Waals surface area contributed by atoms with Crippen LogP contribution < -0.4 is 4.72 Å². The minimum atomic E-state index is -3.72. The van der Waals surface area contributed by atoms with E-state index >= 15 is 0 Å². The number of rotatable bonds is 14. The topological polar surface area (TPSA) is 61.9 Å². The summed E-state index contributed by atoms with van der Waals surface area (Å²) in [6.07, 6.45) is 10.0. The molecule has 0 aromatic heterocycles. The SMILES string of the molecule is C=CCN(C)CCCCCCOC1CCC(N(C)S(=O)(=O)Nc2cccc(F)c2)CC1. The normalized spacial score (nSPS) is 19.6. The summed E-state index contributed by atoms with van der Waals surface area (Å²) in [4.78, 5) is 2.27. The highest BCUT2D eigenvalue weighted by Gasteiger charge is 2.30. The number of benzene rings is 1. The van der Waals surface area contributed by atoms with Gasteiger partial charge < -0.3 is 9.64 Å². The molecule has 0 saturated heterocycles. The second kappa shape index (κ2) is 13.2. The van der Waals surface area contributed by atoms with Crippen molar-refractivity contribution in [1.29, 1.82) is 0 Å². The first-order chi connectivity index (χ1) is 14.8. The van der Waals surface area contributed by atoms with Crippen LogP contribution in [0.2, 0.25) is 0 Å². The van der Waals surface area contributed by atoms with Gasteiger partial charge in [0.05, 0.1) is 11.8 Å². The molecular formula is C23H38FN3O3S. The molecule has 0 spiro atoms. The Morgan fingerprint density at radius 1 is 1.16 bits per heavy atom. The van der Waals surface area contributed by atoms with Crippen molar-refractivity contribution in [2.24, 2.45) is 0 Å². The maximum absolute atomic E-state index is 13.3. The Hall–Kier alpha value is -1.48. The Labute approximate surface area is 187 Å². The first-order valence-corrected chi connectivity index (χ1v) is 12.7. The van der Waals surface area contributed by atoms with E-state index in [1.54, 1.807) is 13.1 Å². The van der Waals surface area contributed by atoms with Crippen molar-refractivity contribution in [2.45, 2.75) is 63.5 Å². The molecule has 2 rings (SSSR count). The fourth-order valence-electron chi connectivity index (χ4n) is 3.94. The Balaban J connectivity index is 1.62. The number of hydrogen-bond acceptors (Lipinski definition) is 4. The monoisotopic (exact) mass is 455 g/mol. The van der Waals surface area contributed by atoms with Crippen LogP contribution in [0.1, 0.15) is 51.4 Å². The molecule has 8 heteroatoms. The van der Waals surface area contributed by atoms with Gasteiger partial charge in [-0.2, -0.15) is 12.7 Å². The summed E-state index contributed by atoms with van der Waals surface area (Å²) in [7, 11) is -0.0243. The average molecular weight is 456 g/mol. The van der Waals surface area contributed by atoms with Crippen molar-refractivity contribution in [2.75, 3.05) is 38.5 Å². The summed E-state index contributed by atoms with van der Waals surface area (Å²) in [6, 6.07) is 5.41. The zero-order valence-corrected chi connectivity index (χ0v) is 19.7. The van der Waals surface area contributed by atoms with Crippen molar-refractivity contribution < 1.29 is 17.5 Å². The van der Waals surface area contributed by atoms with Gasteiger partial charge in [0, 0.05) is 26.2 Å². The maximum atomic E-state index is 13.3. The summed E-state index contributed by atoms with van der Waals surface area (Å²) >= 11 is 0. The average Bonchev–Trinajstić information content (AvgIpc) is 2.73. The van der Waals surface area contributed by atoms with Gasteiger partial charge >= 0.3 is 10.2 Å². The fraction of sp³-hybridized carbons (Fsp3) is 0.652. The van der Waals surface area contributed by atoms with E-state index in [9.17, 15) is 12.8 Å². The van der Waals surface area contributed by atoms with Crippen LogP contribution in [0.25, 0.3) is 0 Å². The zero-order valence-electron chi connectivity index (χ0n) is 18.9. The lowest BCUT2D eigenvalue weighted by Crippen LogP contribution is -2.43. The molecule has 1 aliphatic carbocycles. The van der Waals surface area contributed by atoms with Gasteiger partial charge in [0.25, 0.3) is 0 Å². The van der Waals surface area contributed by atoms with Crippen molar-refractivity contribution in [3.05, 3.63) is 42.7 Å². The van der Waals surface area contributed by atoms with Gasteiger partial charge in [-0.3, -0.25) is 4.72 Å². The standard InChI is InChI=1S/C23H38FN3O3S/c1-4-16-26(2)17-7-5-6-8-18-30-23-14-12-22(13-15-23)27(3)31(28,29)25-21-11-9-10-20(24)19-21/h4,9-11,19,22-23,25H,1,5-8,12-18H2,2-3H3. The molecule has 176 valence electrons. The molecule has 0 heterocycles. The highest BCUT2D eigenvalue weighted by atomic mass is 32.2. The van der Waals surface area contributed by atoms with E-state index in [0.29, 0.717) is 0 Å². The van der Waals surface area contributed by atoms with Crippen LogP contribution in [0.5, 0.6) is 0 Å². The number of unbranched alkanes of at least 4 members (excludes halogenated alkanes) is 3. The summed E-state index contributed by atoms with van der Waals surface area (Å²) in [5.41, 5.74) is 0.233. The summed E-state index contributed by atoms with van der Waals surface area (Å²) in [6.45, 7) is 6.56. The summed E-state index contributed by atoms with van der Waals surface area (Å²) in [5, 5.41) is 0. The molecule has 0 radical (unpaired) electrons. The third-order valence-corrected chi connectivity index (χ3v) is 7.39. The predicted molar refractivity (Wildman–Crippen MR) is 125 cm³/mol. The van der Waals surface area contributed by atoms with Crippen LogP contribution in [-0.4, -0.2) is 63.6 Å². The van der Waals surface area contributed by atoms with Gasteiger partial charge in [-0.15, -0.1) is 6.58 Å². The number of nitrogens with one attached hydrogen (secondary N) is 1. The van der Waals surface area contributed by atoms with E-state index in [2.05, 4.69) is 23.2 Å². The van der Waals surface area contributed by atoms with E-state index in [4.69, 9.17) is 4.74 Å². The van der Waals surface area contributed by atoms with Crippen LogP contribution in [0.3, 0.4) is 0 Å². The molecule has 0 atom stereocenters. The van der Waals surface area contributed by atoms with Crippen LogP contribution in [-0.2, 0) is 14.9 Å². The third kappa shape index (κ3) is 9.27. The minimum absolute atomic E-state index is 0.0709. The number of hydrogen-bond donors (Lipinski definition) is 1. The summed E-state index contributed by atoms with van der Waals surface area (Å²) < 4.78 is 48.4. The number of halogens is 1. The Bertz CT molecular complexity index is 767.